The third-order valence-electron chi connectivity index (χ3n) is 11.3. The summed E-state index contributed by atoms with van der Waals surface area (Å²) in [5.74, 6) is 0.712. The van der Waals surface area contributed by atoms with Gasteiger partial charge in [-0.25, -0.2) is 9.97 Å². The molecule has 0 saturated carbocycles. The number of aromatic nitrogens is 2. The fraction of sp³-hybridized carbons (Fsp3) is 0.0196. The third kappa shape index (κ3) is 4.39. The second-order valence-corrected chi connectivity index (χ2v) is 14.1. The number of rotatable bonds is 4. The van der Waals surface area contributed by atoms with Gasteiger partial charge in [-0.1, -0.05) is 176 Å². The highest BCUT2D eigenvalue weighted by molar-refractivity contribution is 6.00. The molecule has 0 amide bonds. The molecule has 11 rings (SSSR count). The monoisotopic (exact) mass is 672 g/mol. The van der Waals surface area contributed by atoms with Gasteiger partial charge in [0, 0.05) is 16.7 Å². The number of benzene rings is 8. The van der Waals surface area contributed by atoms with Crippen molar-refractivity contribution in [2.75, 3.05) is 0 Å². The summed E-state index contributed by atoms with van der Waals surface area (Å²) in [5, 5.41) is 2.47. The minimum Gasteiger partial charge on any atom is -0.228 e. The fourth-order valence-electron chi connectivity index (χ4n) is 9.03. The third-order valence-corrected chi connectivity index (χ3v) is 11.3. The lowest BCUT2D eigenvalue weighted by Gasteiger charge is -2.30. The van der Waals surface area contributed by atoms with Crippen LogP contribution in [0.4, 0.5) is 0 Å². The fourth-order valence-corrected chi connectivity index (χ4v) is 9.03. The molecule has 2 heteroatoms. The van der Waals surface area contributed by atoms with Crippen LogP contribution in [-0.2, 0) is 5.41 Å². The van der Waals surface area contributed by atoms with Crippen LogP contribution in [0.15, 0.2) is 194 Å². The van der Waals surface area contributed by atoms with Gasteiger partial charge in [-0.05, 0) is 84.6 Å². The molecule has 0 saturated heterocycles. The zero-order valence-electron chi connectivity index (χ0n) is 28.9. The molecule has 2 aliphatic rings. The number of hydrogen-bond donors (Lipinski definition) is 0. The predicted octanol–water partition coefficient (Wildman–Crippen LogP) is 12.6. The Kier molecular flexibility index (Phi) is 6.50. The van der Waals surface area contributed by atoms with Crippen molar-refractivity contribution < 1.29 is 0 Å². The van der Waals surface area contributed by atoms with Gasteiger partial charge in [0.15, 0.2) is 5.82 Å². The van der Waals surface area contributed by atoms with E-state index in [2.05, 4.69) is 188 Å². The molecule has 1 spiro atoms. The topological polar surface area (TPSA) is 25.8 Å². The highest BCUT2D eigenvalue weighted by Gasteiger charge is 2.52. The molecular weight excluding hydrogens is 641 g/mol. The van der Waals surface area contributed by atoms with E-state index >= 15 is 0 Å². The number of nitrogens with zero attached hydrogens (tertiary/aromatic N) is 2. The molecule has 0 unspecified atom stereocenters. The van der Waals surface area contributed by atoms with Gasteiger partial charge in [-0.15, -0.1) is 0 Å². The van der Waals surface area contributed by atoms with Crippen molar-refractivity contribution in [3.8, 4) is 67.3 Å². The molecule has 0 atom stereocenters. The number of fused-ring (bicyclic) bond motifs is 11. The summed E-state index contributed by atoms with van der Waals surface area (Å²) in [6, 6.07) is 70.2. The standard InChI is InChI=1S/C51H32N2/c1-2-15-34(16-3-1)50-52-47(38-19-12-18-36(31-38)37-29-28-33-14-4-5-17-35(33)30-37)32-48(53-50)42-23-13-27-46-49(42)41-22-8-11-26-45(41)51(46)43-24-9-6-20-39(43)40-21-7-10-25-44(40)51/h1-32H. The quantitative estimate of drug-likeness (QED) is 0.186. The predicted molar refractivity (Wildman–Crippen MR) is 218 cm³/mol. The summed E-state index contributed by atoms with van der Waals surface area (Å²) in [5.41, 5.74) is 17.3. The van der Waals surface area contributed by atoms with Crippen molar-refractivity contribution in [2.45, 2.75) is 5.41 Å². The number of hydrogen-bond acceptors (Lipinski definition) is 2. The van der Waals surface area contributed by atoms with Crippen LogP contribution < -0.4 is 0 Å². The molecule has 9 aromatic rings. The summed E-state index contributed by atoms with van der Waals surface area (Å²) < 4.78 is 0. The maximum Gasteiger partial charge on any atom is 0.160 e. The van der Waals surface area contributed by atoms with E-state index in [4.69, 9.17) is 9.97 Å². The first-order chi connectivity index (χ1) is 26.3. The van der Waals surface area contributed by atoms with Gasteiger partial charge < -0.3 is 0 Å². The first kappa shape index (κ1) is 29.8. The van der Waals surface area contributed by atoms with Crippen LogP contribution in [0.25, 0.3) is 78.1 Å². The van der Waals surface area contributed by atoms with Crippen molar-refractivity contribution in [3.05, 3.63) is 216 Å². The van der Waals surface area contributed by atoms with Crippen LogP contribution >= 0.6 is 0 Å². The Hall–Kier alpha value is -6.90. The highest BCUT2D eigenvalue weighted by Crippen LogP contribution is 2.63. The molecule has 1 heterocycles. The average Bonchev–Trinajstić information content (AvgIpc) is 3.71. The molecule has 0 radical (unpaired) electrons. The first-order valence-electron chi connectivity index (χ1n) is 18.2. The van der Waals surface area contributed by atoms with Crippen molar-refractivity contribution in [3.63, 3.8) is 0 Å². The van der Waals surface area contributed by atoms with Gasteiger partial charge in [0.05, 0.1) is 16.8 Å². The molecular formula is C51H32N2. The molecule has 2 nitrogen and oxygen atoms in total. The maximum absolute atomic E-state index is 5.36. The van der Waals surface area contributed by atoms with E-state index in [0.717, 1.165) is 33.6 Å². The lowest BCUT2D eigenvalue weighted by Crippen LogP contribution is -2.25. The van der Waals surface area contributed by atoms with Crippen LogP contribution in [0.2, 0.25) is 0 Å². The minimum absolute atomic E-state index is 0.415. The van der Waals surface area contributed by atoms with Gasteiger partial charge in [0.25, 0.3) is 0 Å². The molecule has 0 N–H and O–H groups in total. The molecule has 1 aromatic heterocycles. The molecule has 8 aromatic carbocycles. The lowest BCUT2D eigenvalue weighted by molar-refractivity contribution is 0.794. The molecule has 0 fully saturated rings. The van der Waals surface area contributed by atoms with Crippen molar-refractivity contribution in [1.29, 1.82) is 0 Å². The van der Waals surface area contributed by atoms with Crippen LogP contribution in [-0.4, -0.2) is 9.97 Å². The van der Waals surface area contributed by atoms with Gasteiger partial charge in [0.2, 0.25) is 0 Å². The lowest BCUT2D eigenvalue weighted by atomic mass is 9.70. The summed E-state index contributed by atoms with van der Waals surface area (Å²) >= 11 is 0. The Morgan fingerprint density at radius 3 is 1.60 bits per heavy atom. The average molecular weight is 673 g/mol. The molecule has 2 aliphatic carbocycles. The van der Waals surface area contributed by atoms with Crippen molar-refractivity contribution in [1.82, 2.24) is 9.97 Å². The van der Waals surface area contributed by atoms with Gasteiger partial charge in [0.1, 0.15) is 0 Å². The molecule has 53 heavy (non-hydrogen) atoms. The Morgan fingerprint density at radius 2 is 0.830 bits per heavy atom. The molecule has 0 bridgehead atoms. The van der Waals surface area contributed by atoms with E-state index in [9.17, 15) is 0 Å². The summed E-state index contributed by atoms with van der Waals surface area (Å²) in [6.07, 6.45) is 0. The van der Waals surface area contributed by atoms with Crippen LogP contribution in [0.3, 0.4) is 0 Å². The summed E-state index contributed by atoms with van der Waals surface area (Å²) in [6.45, 7) is 0. The van der Waals surface area contributed by atoms with E-state index in [0.29, 0.717) is 5.82 Å². The first-order valence-corrected chi connectivity index (χ1v) is 18.2. The van der Waals surface area contributed by atoms with E-state index in [1.54, 1.807) is 0 Å². The normalized spacial score (nSPS) is 13.1. The van der Waals surface area contributed by atoms with Gasteiger partial charge in [-0.3, -0.25) is 0 Å². The smallest absolute Gasteiger partial charge is 0.160 e. The zero-order chi connectivity index (χ0) is 34.9. The van der Waals surface area contributed by atoms with Crippen LogP contribution in [0, 0.1) is 0 Å². The Balaban J connectivity index is 1.14. The maximum atomic E-state index is 5.36. The SMILES string of the molecule is c1ccc(-c2nc(-c3cccc(-c4ccc5ccccc5c4)c3)cc(-c3cccc4c3-c3ccccc3C43c4ccccc4-c4ccccc43)n2)cc1. The Morgan fingerprint density at radius 1 is 0.302 bits per heavy atom. The highest BCUT2D eigenvalue weighted by atomic mass is 14.9. The van der Waals surface area contributed by atoms with E-state index < -0.39 is 5.41 Å². The van der Waals surface area contributed by atoms with E-state index in [1.165, 1.54) is 60.8 Å². The Bertz CT molecular complexity index is 2860. The zero-order valence-corrected chi connectivity index (χ0v) is 28.9. The van der Waals surface area contributed by atoms with Gasteiger partial charge in [-0.2, -0.15) is 0 Å². The second kappa shape index (κ2) is 11.6. The van der Waals surface area contributed by atoms with Gasteiger partial charge >= 0.3 is 0 Å². The molecule has 0 aliphatic heterocycles. The van der Waals surface area contributed by atoms with Crippen molar-refractivity contribution in [2.24, 2.45) is 0 Å². The van der Waals surface area contributed by atoms with E-state index in [-0.39, 0.29) is 0 Å². The van der Waals surface area contributed by atoms with E-state index in [1.807, 2.05) is 6.07 Å². The van der Waals surface area contributed by atoms with Crippen LogP contribution in [0.1, 0.15) is 22.3 Å². The minimum atomic E-state index is -0.415. The summed E-state index contributed by atoms with van der Waals surface area (Å²) in [7, 11) is 0. The van der Waals surface area contributed by atoms with Crippen molar-refractivity contribution >= 4 is 10.8 Å². The Labute approximate surface area is 308 Å². The van der Waals surface area contributed by atoms with Crippen LogP contribution in [0.5, 0.6) is 0 Å². The molecule has 246 valence electrons. The second-order valence-electron chi connectivity index (χ2n) is 14.1. The largest absolute Gasteiger partial charge is 0.228 e. The summed E-state index contributed by atoms with van der Waals surface area (Å²) in [4.78, 5) is 10.6.